The molecule has 2 heterocycles. The summed E-state index contributed by atoms with van der Waals surface area (Å²) in [5, 5.41) is 6.68. The van der Waals surface area contributed by atoms with Gasteiger partial charge in [0.25, 0.3) is 11.8 Å². The van der Waals surface area contributed by atoms with Crippen molar-refractivity contribution in [3.05, 3.63) is 51.7 Å². The van der Waals surface area contributed by atoms with Crippen molar-refractivity contribution in [2.45, 2.75) is 6.04 Å². The van der Waals surface area contributed by atoms with E-state index in [9.17, 15) is 14.4 Å². The Kier molecular flexibility index (Phi) is 3.28. The van der Waals surface area contributed by atoms with Crippen molar-refractivity contribution in [1.29, 1.82) is 0 Å². The molecule has 4 N–H and O–H groups in total. The Labute approximate surface area is 124 Å². The van der Waals surface area contributed by atoms with E-state index >= 15 is 0 Å². The zero-order valence-corrected chi connectivity index (χ0v) is 11.6. The number of hydrogen-bond donors (Lipinski definition) is 3. The molecule has 1 atom stereocenters. The lowest BCUT2D eigenvalue weighted by Crippen LogP contribution is -2.27. The molecule has 3 amide bonds. The number of fused-ring (bicyclic) bond motifs is 1. The summed E-state index contributed by atoms with van der Waals surface area (Å²) in [6, 6.07) is 7.36. The van der Waals surface area contributed by atoms with Crippen LogP contribution in [0.15, 0.2) is 35.7 Å². The lowest BCUT2D eigenvalue weighted by Gasteiger charge is -2.11. The molecule has 1 unspecified atom stereocenters. The lowest BCUT2D eigenvalue weighted by atomic mass is 10.1. The second-order valence-electron chi connectivity index (χ2n) is 4.53. The Morgan fingerprint density at radius 1 is 1.19 bits per heavy atom. The monoisotopic (exact) mass is 301 g/mol. The Balaban J connectivity index is 1.80. The molecule has 1 aromatic heterocycles. The number of imide groups is 1. The maximum absolute atomic E-state index is 12.1. The SMILES string of the molecule is NC(C(=O)Nc1ccc2c(c1)C(=O)NC2=O)c1cccs1. The van der Waals surface area contributed by atoms with Crippen LogP contribution in [0.5, 0.6) is 0 Å². The fourth-order valence-corrected chi connectivity index (χ4v) is 2.79. The van der Waals surface area contributed by atoms with Crippen molar-refractivity contribution in [3.63, 3.8) is 0 Å². The van der Waals surface area contributed by atoms with Crippen molar-refractivity contribution in [2.24, 2.45) is 5.73 Å². The van der Waals surface area contributed by atoms with E-state index in [0.29, 0.717) is 11.3 Å². The first-order valence-electron chi connectivity index (χ1n) is 6.16. The van der Waals surface area contributed by atoms with Crippen LogP contribution in [0.4, 0.5) is 5.69 Å². The van der Waals surface area contributed by atoms with Gasteiger partial charge < -0.3 is 11.1 Å². The zero-order chi connectivity index (χ0) is 15.0. The molecule has 21 heavy (non-hydrogen) atoms. The third-order valence-electron chi connectivity index (χ3n) is 3.14. The third-order valence-corrected chi connectivity index (χ3v) is 4.09. The standard InChI is InChI=1S/C14H11N3O3S/c15-11(10-2-1-5-21-10)14(20)16-7-3-4-8-9(6-7)13(19)17-12(8)18/h1-6,11H,15H2,(H,16,20)(H,17,18,19). The summed E-state index contributed by atoms with van der Waals surface area (Å²) in [6.45, 7) is 0. The minimum absolute atomic E-state index is 0.252. The van der Waals surface area contributed by atoms with Crippen LogP contribution in [0.3, 0.4) is 0 Å². The van der Waals surface area contributed by atoms with Crippen molar-refractivity contribution in [3.8, 4) is 0 Å². The van der Waals surface area contributed by atoms with Gasteiger partial charge in [0.15, 0.2) is 0 Å². The molecule has 6 nitrogen and oxygen atoms in total. The highest BCUT2D eigenvalue weighted by atomic mass is 32.1. The van der Waals surface area contributed by atoms with E-state index in [1.54, 1.807) is 12.1 Å². The van der Waals surface area contributed by atoms with Crippen LogP contribution in [0.1, 0.15) is 31.6 Å². The lowest BCUT2D eigenvalue weighted by molar-refractivity contribution is -0.117. The van der Waals surface area contributed by atoms with Gasteiger partial charge in [0.05, 0.1) is 11.1 Å². The van der Waals surface area contributed by atoms with E-state index < -0.39 is 17.9 Å². The number of carbonyl (C=O) groups is 3. The van der Waals surface area contributed by atoms with Crippen LogP contribution in [0, 0.1) is 0 Å². The number of benzene rings is 1. The van der Waals surface area contributed by atoms with E-state index in [4.69, 9.17) is 5.73 Å². The van der Waals surface area contributed by atoms with Crippen LogP contribution in [0.2, 0.25) is 0 Å². The normalized spacial score (nSPS) is 14.5. The van der Waals surface area contributed by atoms with Crippen LogP contribution in [-0.2, 0) is 4.79 Å². The summed E-state index contributed by atoms with van der Waals surface area (Å²) in [4.78, 5) is 35.8. The minimum atomic E-state index is -0.770. The number of anilines is 1. The number of hydrogen-bond acceptors (Lipinski definition) is 5. The molecule has 1 aliphatic heterocycles. The van der Waals surface area contributed by atoms with Crippen LogP contribution >= 0.6 is 11.3 Å². The largest absolute Gasteiger partial charge is 0.324 e. The fraction of sp³-hybridized carbons (Fsp3) is 0.0714. The number of rotatable bonds is 3. The van der Waals surface area contributed by atoms with Gasteiger partial charge in [0, 0.05) is 10.6 Å². The van der Waals surface area contributed by atoms with Gasteiger partial charge >= 0.3 is 0 Å². The van der Waals surface area contributed by atoms with E-state index in [1.165, 1.54) is 23.5 Å². The molecule has 3 rings (SSSR count). The summed E-state index contributed by atoms with van der Waals surface area (Å²) in [7, 11) is 0. The Bertz CT molecular complexity index is 740. The Hall–Kier alpha value is -2.51. The molecule has 7 heteroatoms. The van der Waals surface area contributed by atoms with Gasteiger partial charge in [-0.1, -0.05) is 6.07 Å². The molecular weight excluding hydrogens is 290 g/mol. The molecule has 0 saturated carbocycles. The van der Waals surface area contributed by atoms with Gasteiger partial charge in [0.2, 0.25) is 5.91 Å². The maximum Gasteiger partial charge on any atom is 0.259 e. The predicted molar refractivity (Wildman–Crippen MR) is 78.1 cm³/mol. The number of nitrogens with two attached hydrogens (primary N) is 1. The van der Waals surface area contributed by atoms with Gasteiger partial charge in [0.1, 0.15) is 6.04 Å². The van der Waals surface area contributed by atoms with E-state index in [1.807, 2.05) is 11.4 Å². The van der Waals surface area contributed by atoms with Crippen molar-refractivity contribution < 1.29 is 14.4 Å². The number of amides is 3. The molecule has 0 spiro atoms. The molecule has 0 aliphatic carbocycles. The first-order chi connectivity index (χ1) is 10.1. The average molecular weight is 301 g/mol. The van der Waals surface area contributed by atoms with E-state index in [-0.39, 0.29) is 11.5 Å². The Morgan fingerprint density at radius 2 is 1.95 bits per heavy atom. The van der Waals surface area contributed by atoms with Crippen molar-refractivity contribution in [1.82, 2.24) is 5.32 Å². The molecule has 2 aromatic rings. The second-order valence-corrected chi connectivity index (χ2v) is 5.51. The minimum Gasteiger partial charge on any atom is -0.324 e. The fourth-order valence-electron chi connectivity index (χ4n) is 2.06. The topological polar surface area (TPSA) is 101 Å². The average Bonchev–Trinajstić information content (AvgIpc) is 3.08. The number of nitrogens with one attached hydrogen (secondary N) is 2. The Morgan fingerprint density at radius 3 is 2.67 bits per heavy atom. The molecule has 106 valence electrons. The highest BCUT2D eigenvalue weighted by molar-refractivity contribution is 7.10. The van der Waals surface area contributed by atoms with Crippen LogP contribution in [-0.4, -0.2) is 17.7 Å². The molecule has 0 radical (unpaired) electrons. The van der Waals surface area contributed by atoms with Gasteiger partial charge in [-0.15, -0.1) is 11.3 Å². The smallest absolute Gasteiger partial charge is 0.259 e. The molecule has 1 aliphatic rings. The maximum atomic E-state index is 12.1. The van der Waals surface area contributed by atoms with Crippen LogP contribution < -0.4 is 16.4 Å². The predicted octanol–water partition coefficient (Wildman–Crippen LogP) is 1.27. The summed E-state index contributed by atoms with van der Waals surface area (Å²) in [6.07, 6.45) is 0. The summed E-state index contributed by atoms with van der Waals surface area (Å²) < 4.78 is 0. The van der Waals surface area contributed by atoms with Gasteiger partial charge in [-0.05, 0) is 29.6 Å². The van der Waals surface area contributed by atoms with Crippen molar-refractivity contribution >= 4 is 34.7 Å². The molecule has 0 bridgehead atoms. The second kappa shape index (κ2) is 5.12. The van der Waals surface area contributed by atoms with Gasteiger partial charge in [-0.2, -0.15) is 0 Å². The molecule has 0 saturated heterocycles. The molecule has 0 fully saturated rings. The van der Waals surface area contributed by atoms with Gasteiger partial charge in [-0.25, -0.2) is 0 Å². The van der Waals surface area contributed by atoms with Crippen molar-refractivity contribution in [2.75, 3.05) is 5.32 Å². The first kappa shape index (κ1) is 13.5. The highest BCUT2D eigenvalue weighted by Gasteiger charge is 2.27. The summed E-state index contributed by atoms with van der Waals surface area (Å²) in [5.74, 6) is -1.26. The third kappa shape index (κ3) is 2.44. The summed E-state index contributed by atoms with van der Waals surface area (Å²) >= 11 is 1.40. The van der Waals surface area contributed by atoms with Crippen LogP contribution in [0.25, 0.3) is 0 Å². The number of thiophene rings is 1. The van der Waals surface area contributed by atoms with E-state index in [2.05, 4.69) is 10.6 Å². The number of carbonyl (C=O) groups excluding carboxylic acids is 3. The molecular formula is C14H11N3O3S. The first-order valence-corrected chi connectivity index (χ1v) is 7.04. The molecule has 1 aromatic carbocycles. The summed E-state index contributed by atoms with van der Waals surface area (Å²) in [5.41, 5.74) is 6.84. The quantitative estimate of drug-likeness (QED) is 0.743. The van der Waals surface area contributed by atoms with E-state index in [0.717, 1.165) is 4.88 Å². The zero-order valence-electron chi connectivity index (χ0n) is 10.8. The van der Waals surface area contributed by atoms with Gasteiger partial charge in [-0.3, -0.25) is 19.7 Å². The highest BCUT2D eigenvalue weighted by Crippen LogP contribution is 2.22.